The number of nitrogens with zero attached hydrogens (tertiary/aromatic N) is 1. The summed E-state index contributed by atoms with van der Waals surface area (Å²) in [6, 6.07) is 5.73. The highest BCUT2D eigenvalue weighted by Gasteiger charge is 2.32. The fourth-order valence-corrected chi connectivity index (χ4v) is 3.53. The summed E-state index contributed by atoms with van der Waals surface area (Å²) in [5, 5.41) is 5.09. The summed E-state index contributed by atoms with van der Waals surface area (Å²) < 4.78 is 0. The summed E-state index contributed by atoms with van der Waals surface area (Å²) in [7, 11) is 0. The van der Waals surface area contributed by atoms with Crippen molar-refractivity contribution >= 4 is 35.6 Å². The predicted molar refractivity (Wildman–Crippen MR) is 83.5 cm³/mol. The van der Waals surface area contributed by atoms with Crippen LogP contribution < -0.4 is 5.32 Å². The molecular formula is C14H19Cl3N2. The highest BCUT2D eigenvalue weighted by Crippen LogP contribution is 2.29. The van der Waals surface area contributed by atoms with Crippen molar-refractivity contribution in [1.29, 1.82) is 0 Å². The van der Waals surface area contributed by atoms with E-state index in [1.54, 1.807) is 0 Å². The first-order valence-electron chi connectivity index (χ1n) is 6.59. The van der Waals surface area contributed by atoms with Gasteiger partial charge in [-0.1, -0.05) is 23.2 Å². The van der Waals surface area contributed by atoms with Crippen molar-refractivity contribution in [2.24, 2.45) is 11.8 Å². The molecule has 106 valence electrons. The number of rotatable bonds is 2. The Morgan fingerprint density at radius 2 is 2.00 bits per heavy atom. The van der Waals surface area contributed by atoms with Crippen LogP contribution in [-0.2, 0) is 6.54 Å². The zero-order valence-corrected chi connectivity index (χ0v) is 13.1. The zero-order valence-electron chi connectivity index (χ0n) is 10.7. The van der Waals surface area contributed by atoms with Crippen molar-refractivity contribution in [3.05, 3.63) is 33.8 Å². The second-order valence-corrected chi connectivity index (χ2v) is 6.28. The van der Waals surface area contributed by atoms with Crippen LogP contribution in [0.1, 0.15) is 12.0 Å². The predicted octanol–water partition coefficient (Wildman–Crippen LogP) is 3.46. The van der Waals surface area contributed by atoms with Crippen molar-refractivity contribution in [3.63, 3.8) is 0 Å². The number of hydrogen-bond acceptors (Lipinski definition) is 2. The summed E-state index contributed by atoms with van der Waals surface area (Å²) in [6.45, 7) is 5.65. The van der Waals surface area contributed by atoms with Gasteiger partial charge in [0.1, 0.15) is 0 Å². The van der Waals surface area contributed by atoms with E-state index < -0.39 is 0 Å². The fourth-order valence-electron chi connectivity index (χ4n) is 3.16. The highest BCUT2D eigenvalue weighted by molar-refractivity contribution is 6.33. The number of piperidine rings is 1. The van der Waals surface area contributed by atoms with Crippen LogP contribution in [0.25, 0.3) is 0 Å². The van der Waals surface area contributed by atoms with E-state index in [0.29, 0.717) is 0 Å². The Morgan fingerprint density at radius 1 is 1.21 bits per heavy atom. The van der Waals surface area contributed by atoms with E-state index in [0.717, 1.165) is 34.0 Å². The van der Waals surface area contributed by atoms with Gasteiger partial charge in [-0.05, 0) is 61.7 Å². The second kappa shape index (κ2) is 6.64. The zero-order chi connectivity index (χ0) is 12.5. The molecule has 0 aromatic heterocycles. The smallest absolute Gasteiger partial charge is 0.0452 e. The lowest BCUT2D eigenvalue weighted by atomic mass is 9.88. The minimum atomic E-state index is 0. The van der Waals surface area contributed by atoms with Gasteiger partial charge >= 0.3 is 0 Å². The Hall–Kier alpha value is 0.01000. The third kappa shape index (κ3) is 3.56. The van der Waals surface area contributed by atoms with Gasteiger partial charge in [0, 0.05) is 23.1 Å². The Morgan fingerprint density at radius 3 is 2.84 bits per heavy atom. The summed E-state index contributed by atoms with van der Waals surface area (Å²) in [4.78, 5) is 2.51. The maximum atomic E-state index is 6.23. The molecule has 1 aromatic rings. The average Bonchev–Trinajstić information content (AvgIpc) is 2.81. The number of hydrogen-bond donors (Lipinski definition) is 1. The Labute approximate surface area is 130 Å². The number of halogens is 3. The normalized spacial score (nSPS) is 26.8. The van der Waals surface area contributed by atoms with E-state index in [4.69, 9.17) is 23.2 Å². The quantitative estimate of drug-likeness (QED) is 0.897. The lowest BCUT2D eigenvalue weighted by Gasteiger charge is -2.34. The van der Waals surface area contributed by atoms with Crippen LogP contribution in [0.4, 0.5) is 0 Å². The molecule has 0 bridgehead atoms. The second-order valence-electron chi connectivity index (χ2n) is 5.44. The van der Waals surface area contributed by atoms with Crippen LogP contribution in [0.3, 0.4) is 0 Å². The Bertz CT molecular complexity index is 439. The molecule has 0 spiro atoms. The first-order valence-corrected chi connectivity index (χ1v) is 7.35. The summed E-state index contributed by atoms with van der Waals surface area (Å²) >= 11 is 12.3. The molecule has 5 heteroatoms. The average molecular weight is 322 g/mol. The molecule has 2 fully saturated rings. The van der Waals surface area contributed by atoms with Gasteiger partial charge in [0.05, 0.1) is 0 Å². The van der Waals surface area contributed by atoms with Crippen molar-refractivity contribution in [2.45, 2.75) is 13.0 Å². The molecule has 2 atom stereocenters. The maximum Gasteiger partial charge on any atom is 0.0452 e. The molecule has 19 heavy (non-hydrogen) atoms. The van der Waals surface area contributed by atoms with Crippen LogP contribution >= 0.6 is 35.6 Å². The van der Waals surface area contributed by atoms with E-state index in [-0.39, 0.29) is 12.4 Å². The van der Waals surface area contributed by atoms with E-state index in [2.05, 4.69) is 10.2 Å². The number of fused-ring (bicyclic) bond motifs is 1. The lowest BCUT2D eigenvalue weighted by molar-refractivity contribution is 0.142. The molecule has 3 rings (SSSR count). The fraction of sp³-hybridized carbons (Fsp3) is 0.571. The van der Waals surface area contributed by atoms with Gasteiger partial charge in [-0.3, -0.25) is 4.90 Å². The number of benzene rings is 1. The van der Waals surface area contributed by atoms with Gasteiger partial charge in [-0.25, -0.2) is 0 Å². The van der Waals surface area contributed by atoms with Gasteiger partial charge in [0.2, 0.25) is 0 Å². The van der Waals surface area contributed by atoms with Gasteiger partial charge in [-0.15, -0.1) is 12.4 Å². The molecule has 0 saturated carbocycles. The lowest BCUT2D eigenvalue weighted by Crippen LogP contribution is -2.39. The van der Waals surface area contributed by atoms with E-state index in [9.17, 15) is 0 Å². The molecule has 1 aromatic carbocycles. The SMILES string of the molecule is Cl.Clc1ccc(Cl)c(CN2CCC3CNCC3C2)c1. The van der Waals surface area contributed by atoms with Crippen LogP contribution in [-0.4, -0.2) is 31.1 Å². The van der Waals surface area contributed by atoms with E-state index in [1.165, 1.54) is 32.6 Å². The summed E-state index contributed by atoms with van der Waals surface area (Å²) in [5.41, 5.74) is 1.15. The van der Waals surface area contributed by atoms with Gasteiger partial charge in [-0.2, -0.15) is 0 Å². The molecule has 2 unspecified atom stereocenters. The molecular weight excluding hydrogens is 303 g/mol. The van der Waals surface area contributed by atoms with Crippen LogP contribution in [0.15, 0.2) is 18.2 Å². The maximum absolute atomic E-state index is 6.23. The third-order valence-corrected chi connectivity index (χ3v) is 4.79. The Balaban J connectivity index is 0.00000133. The number of likely N-dealkylation sites (tertiary alicyclic amines) is 1. The van der Waals surface area contributed by atoms with E-state index in [1.807, 2.05) is 18.2 Å². The minimum Gasteiger partial charge on any atom is -0.316 e. The van der Waals surface area contributed by atoms with Gasteiger partial charge in [0.15, 0.2) is 0 Å². The van der Waals surface area contributed by atoms with Crippen LogP contribution in [0.2, 0.25) is 10.0 Å². The molecule has 2 saturated heterocycles. The highest BCUT2D eigenvalue weighted by atomic mass is 35.5. The van der Waals surface area contributed by atoms with Crippen molar-refractivity contribution in [3.8, 4) is 0 Å². The topological polar surface area (TPSA) is 15.3 Å². The van der Waals surface area contributed by atoms with Crippen LogP contribution in [0.5, 0.6) is 0 Å². The first-order chi connectivity index (χ1) is 8.72. The van der Waals surface area contributed by atoms with Crippen molar-refractivity contribution in [2.75, 3.05) is 26.2 Å². The monoisotopic (exact) mass is 320 g/mol. The molecule has 2 heterocycles. The van der Waals surface area contributed by atoms with Crippen LogP contribution in [0, 0.1) is 11.8 Å². The molecule has 2 aliphatic rings. The van der Waals surface area contributed by atoms with Crippen molar-refractivity contribution < 1.29 is 0 Å². The molecule has 2 aliphatic heterocycles. The van der Waals surface area contributed by atoms with Crippen molar-refractivity contribution in [1.82, 2.24) is 10.2 Å². The standard InChI is InChI=1S/C14H18Cl2N2.ClH/c15-13-1-2-14(16)11(5-13)8-18-4-3-10-6-17-7-12(10)9-18;/h1-2,5,10,12,17H,3-4,6-9H2;1H. The molecule has 0 radical (unpaired) electrons. The molecule has 2 nitrogen and oxygen atoms in total. The third-order valence-electron chi connectivity index (χ3n) is 4.19. The molecule has 1 N–H and O–H groups in total. The Kier molecular flexibility index (Phi) is 5.38. The largest absolute Gasteiger partial charge is 0.316 e. The van der Waals surface area contributed by atoms with Gasteiger partial charge < -0.3 is 5.32 Å². The summed E-state index contributed by atoms with van der Waals surface area (Å²) in [5.74, 6) is 1.70. The first kappa shape index (κ1) is 15.4. The van der Waals surface area contributed by atoms with Gasteiger partial charge in [0.25, 0.3) is 0 Å². The van der Waals surface area contributed by atoms with E-state index >= 15 is 0 Å². The number of nitrogens with one attached hydrogen (secondary N) is 1. The molecule has 0 amide bonds. The molecule has 0 aliphatic carbocycles. The summed E-state index contributed by atoms with van der Waals surface area (Å²) in [6.07, 6.45) is 1.30. The minimum absolute atomic E-state index is 0.